The molecule has 13 heavy (non-hydrogen) atoms. The maximum absolute atomic E-state index is 11.4. The molecule has 3 nitrogen and oxygen atoms in total. The summed E-state index contributed by atoms with van der Waals surface area (Å²) in [6.45, 7) is 5.68. The molecule has 0 aromatic rings. The summed E-state index contributed by atoms with van der Waals surface area (Å²) in [4.78, 5) is 24.1. The molecule has 1 fully saturated rings. The Morgan fingerprint density at radius 2 is 2.15 bits per heavy atom. The van der Waals surface area contributed by atoms with E-state index in [9.17, 15) is 9.59 Å². The Labute approximate surface area is 79.1 Å². The molecule has 1 aliphatic heterocycles. The minimum absolute atomic E-state index is 0.0107. The molecule has 0 bridgehead atoms. The molecule has 1 heterocycles. The molecule has 0 aliphatic carbocycles. The molecule has 1 saturated heterocycles. The van der Waals surface area contributed by atoms with E-state index >= 15 is 0 Å². The Kier molecular flexibility index (Phi) is 3.46. The van der Waals surface area contributed by atoms with E-state index < -0.39 is 0 Å². The molecular formula is C10H17NO2. The second-order valence-electron chi connectivity index (χ2n) is 3.82. The van der Waals surface area contributed by atoms with Gasteiger partial charge in [0.2, 0.25) is 5.91 Å². The van der Waals surface area contributed by atoms with Crippen molar-refractivity contribution in [1.82, 2.24) is 4.90 Å². The van der Waals surface area contributed by atoms with E-state index in [1.807, 2.05) is 4.90 Å². The highest BCUT2D eigenvalue weighted by atomic mass is 16.2. The molecule has 1 unspecified atom stereocenters. The number of ketones is 1. The molecule has 1 rings (SSSR count). The van der Waals surface area contributed by atoms with Crippen LogP contribution in [0.3, 0.4) is 0 Å². The van der Waals surface area contributed by atoms with Crippen LogP contribution < -0.4 is 0 Å². The van der Waals surface area contributed by atoms with Crippen molar-refractivity contribution in [3.63, 3.8) is 0 Å². The van der Waals surface area contributed by atoms with Gasteiger partial charge in [-0.3, -0.25) is 9.59 Å². The van der Waals surface area contributed by atoms with Crippen LogP contribution in [0.4, 0.5) is 0 Å². The lowest BCUT2D eigenvalue weighted by Crippen LogP contribution is -2.41. The van der Waals surface area contributed by atoms with E-state index in [1.54, 1.807) is 0 Å². The molecule has 0 saturated carbocycles. The van der Waals surface area contributed by atoms with Crippen molar-refractivity contribution in [2.75, 3.05) is 13.1 Å². The maximum atomic E-state index is 11.4. The number of hydrogen-bond donors (Lipinski definition) is 0. The van der Waals surface area contributed by atoms with Crippen LogP contribution in [0.15, 0.2) is 0 Å². The molecule has 0 radical (unpaired) electrons. The van der Waals surface area contributed by atoms with Crippen LogP contribution in [0.5, 0.6) is 0 Å². The zero-order valence-corrected chi connectivity index (χ0v) is 8.38. The first-order valence-electron chi connectivity index (χ1n) is 4.93. The van der Waals surface area contributed by atoms with Gasteiger partial charge >= 0.3 is 0 Å². The molecule has 0 aromatic heterocycles. The van der Waals surface area contributed by atoms with E-state index in [0.717, 1.165) is 13.0 Å². The van der Waals surface area contributed by atoms with Gasteiger partial charge in [0.1, 0.15) is 5.78 Å². The number of rotatable bonds is 3. The van der Waals surface area contributed by atoms with Gasteiger partial charge in [0.15, 0.2) is 0 Å². The Hall–Kier alpha value is -0.860. The van der Waals surface area contributed by atoms with E-state index in [-0.39, 0.29) is 18.1 Å². The first-order chi connectivity index (χ1) is 6.13. The number of amides is 1. The van der Waals surface area contributed by atoms with Gasteiger partial charge in [-0.2, -0.15) is 0 Å². The average Bonchev–Trinajstić information content (AvgIpc) is 2.09. The summed E-state index contributed by atoms with van der Waals surface area (Å²) < 4.78 is 0. The minimum Gasteiger partial charge on any atom is -0.342 e. The van der Waals surface area contributed by atoms with Gasteiger partial charge < -0.3 is 4.90 Å². The SMILES string of the molecule is CCC(C)CN1CCC(=O)CC1=O. The van der Waals surface area contributed by atoms with Crippen LogP contribution in [0.25, 0.3) is 0 Å². The van der Waals surface area contributed by atoms with E-state index in [0.29, 0.717) is 18.9 Å². The third-order valence-corrected chi connectivity index (χ3v) is 2.59. The van der Waals surface area contributed by atoms with Gasteiger partial charge in [0.25, 0.3) is 0 Å². The lowest BCUT2D eigenvalue weighted by atomic mass is 10.0. The molecule has 1 atom stereocenters. The maximum Gasteiger partial charge on any atom is 0.230 e. The molecule has 3 heteroatoms. The summed E-state index contributed by atoms with van der Waals surface area (Å²) in [6, 6.07) is 0. The molecule has 0 spiro atoms. The normalized spacial score (nSPS) is 20.6. The highest BCUT2D eigenvalue weighted by Crippen LogP contribution is 2.11. The zero-order valence-electron chi connectivity index (χ0n) is 8.38. The van der Waals surface area contributed by atoms with Crippen molar-refractivity contribution in [3.8, 4) is 0 Å². The van der Waals surface area contributed by atoms with Gasteiger partial charge in [0.05, 0.1) is 6.42 Å². The summed E-state index contributed by atoms with van der Waals surface area (Å²) in [5, 5.41) is 0. The van der Waals surface area contributed by atoms with Crippen LogP contribution in [-0.2, 0) is 9.59 Å². The Bertz CT molecular complexity index is 213. The monoisotopic (exact) mass is 183 g/mol. The Morgan fingerprint density at radius 3 is 2.69 bits per heavy atom. The fourth-order valence-corrected chi connectivity index (χ4v) is 1.45. The second-order valence-corrected chi connectivity index (χ2v) is 3.82. The summed E-state index contributed by atoms with van der Waals surface area (Å²) >= 11 is 0. The van der Waals surface area contributed by atoms with Crippen LogP contribution in [0.2, 0.25) is 0 Å². The highest BCUT2D eigenvalue weighted by Gasteiger charge is 2.24. The molecular weight excluding hydrogens is 166 g/mol. The van der Waals surface area contributed by atoms with Crippen LogP contribution in [0.1, 0.15) is 33.1 Å². The molecule has 0 N–H and O–H groups in total. The smallest absolute Gasteiger partial charge is 0.230 e. The van der Waals surface area contributed by atoms with Gasteiger partial charge in [-0.05, 0) is 5.92 Å². The first kappa shape index (κ1) is 10.2. The lowest BCUT2D eigenvalue weighted by molar-refractivity contribution is -0.139. The number of nitrogens with zero attached hydrogens (tertiary/aromatic N) is 1. The van der Waals surface area contributed by atoms with E-state index in [1.165, 1.54) is 0 Å². The van der Waals surface area contributed by atoms with Crippen LogP contribution in [0, 0.1) is 5.92 Å². The highest BCUT2D eigenvalue weighted by molar-refractivity contribution is 6.00. The second kappa shape index (κ2) is 4.40. The number of piperidine rings is 1. The molecule has 1 aliphatic rings. The predicted octanol–water partition coefficient (Wildman–Crippen LogP) is 1.22. The van der Waals surface area contributed by atoms with Gasteiger partial charge in [0, 0.05) is 19.5 Å². The number of carbonyl (C=O) groups excluding carboxylic acids is 2. The topological polar surface area (TPSA) is 37.4 Å². The fourth-order valence-electron chi connectivity index (χ4n) is 1.45. The fraction of sp³-hybridized carbons (Fsp3) is 0.800. The van der Waals surface area contributed by atoms with Crippen molar-refractivity contribution in [2.45, 2.75) is 33.1 Å². The number of hydrogen-bond acceptors (Lipinski definition) is 2. The van der Waals surface area contributed by atoms with Crippen molar-refractivity contribution >= 4 is 11.7 Å². The quantitative estimate of drug-likeness (QED) is 0.617. The number of Topliss-reactive ketones (excluding diaryl/α,β-unsaturated/α-hetero) is 1. The largest absolute Gasteiger partial charge is 0.342 e. The van der Waals surface area contributed by atoms with Crippen molar-refractivity contribution in [3.05, 3.63) is 0 Å². The summed E-state index contributed by atoms with van der Waals surface area (Å²) in [5.74, 6) is 0.638. The standard InChI is InChI=1S/C10H17NO2/c1-3-8(2)7-11-5-4-9(12)6-10(11)13/h8H,3-7H2,1-2H3. The van der Waals surface area contributed by atoms with E-state index in [2.05, 4.69) is 13.8 Å². The van der Waals surface area contributed by atoms with Crippen LogP contribution >= 0.6 is 0 Å². The Balaban J connectivity index is 2.42. The van der Waals surface area contributed by atoms with Crippen molar-refractivity contribution in [1.29, 1.82) is 0 Å². The minimum atomic E-state index is 0.0107. The Morgan fingerprint density at radius 1 is 1.46 bits per heavy atom. The van der Waals surface area contributed by atoms with Gasteiger partial charge in [-0.15, -0.1) is 0 Å². The summed E-state index contributed by atoms with van der Waals surface area (Å²) in [5.41, 5.74) is 0. The predicted molar refractivity (Wildman–Crippen MR) is 50.3 cm³/mol. The average molecular weight is 183 g/mol. The molecule has 1 amide bonds. The number of likely N-dealkylation sites (tertiary alicyclic amines) is 1. The van der Waals surface area contributed by atoms with Gasteiger partial charge in [-0.1, -0.05) is 20.3 Å². The molecule has 0 aromatic carbocycles. The van der Waals surface area contributed by atoms with E-state index in [4.69, 9.17) is 0 Å². The zero-order chi connectivity index (χ0) is 9.84. The first-order valence-corrected chi connectivity index (χ1v) is 4.93. The third-order valence-electron chi connectivity index (χ3n) is 2.59. The third kappa shape index (κ3) is 2.83. The van der Waals surface area contributed by atoms with Crippen LogP contribution in [-0.4, -0.2) is 29.7 Å². The lowest BCUT2D eigenvalue weighted by Gasteiger charge is -2.28. The van der Waals surface area contributed by atoms with Crippen molar-refractivity contribution < 1.29 is 9.59 Å². The number of carbonyl (C=O) groups is 2. The summed E-state index contributed by atoms with van der Waals surface area (Å²) in [7, 11) is 0. The van der Waals surface area contributed by atoms with Crippen molar-refractivity contribution in [2.24, 2.45) is 5.92 Å². The van der Waals surface area contributed by atoms with Gasteiger partial charge in [-0.25, -0.2) is 0 Å². The molecule has 74 valence electrons. The summed E-state index contributed by atoms with van der Waals surface area (Å²) in [6.07, 6.45) is 1.75.